The first-order valence-corrected chi connectivity index (χ1v) is 11.1. The minimum Gasteiger partial charge on any atom is -0.341 e. The zero-order chi connectivity index (χ0) is 21.3. The van der Waals surface area contributed by atoms with Crippen LogP contribution >= 0.6 is 23.4 Å². The zero-order valence-electron chi connectivity index (χ0n) is 16.6. The van der Waals surface area contributed by atoms with Crippen molar-refractivity contribution in [2.45, 2.75) is 29.9 Å². The number of benzene rings is 2. The number of carbonyl (C=O) groups is 3. The predicted molar refractivity (Wildman–Crippen MR) is 119 cm³/mol. The van der Waals surface area contributed by atoms with Crippen LogP contribution in [0.5, 0.6) is 0 Å². The van der Waals surface area contributed by atoms with Crippen molar-refractivity contribution in [2.75, 3.05) is 29.9 Å². The Morgan fingerprint density at radius 3 is 2.63 bits per heavy atom. The van der Waals surface area contributed by atoms with Gasteiger partial charge < -0.3 is 15.1 Å². The van der Waals surface area contributed by atoms with Gasteiger partial charge >= 0.3 is 0 Å². The number of nitrogens with one attached hydrogen (secondary N) is 1. The number of nitrogens with zero attached hydrogens (tertiary/aromatic N) is 2. The van der Waals surface area contributed by atoms with Crippen LogP contribution in [-0.2, 0) is 14.4 Å². The molecular formula is C22H22ClN3O3S. The lowest BCUT2D eigenvalue weighted by atomic mass is 10.2. The SMILES string of the molecule is Cc1ccc(NC(=O)CN2C(=O)[C@H](C(=O)N3CCCC3)Sc3ccccc32)cc1Cl. The third kappa shape index (κ3) is 4.18. The lowest BCUT2D eigenvalue weighted by Crippen LogP contribution is -2.51. The van der Waals surface area contributed by atoms with Crippen molar-refractivity contribution in [3.8, 4) is 0 Å². The van der Waals surface area contributed by atoms with Crippen molar-refractivity contribution in [3.05, 3.63) is 53.1 Å². The molecule has 2 aromatic carbocycles. The summed E-state index contributed by atoms with van der Waals surface area (Å²) in [6.45, 7) is 3.07. The topological polar surface area (TPSA) is 69.7 Å². The standard InChI is InChI=1S/C22H22ClN3O3S/c1-14-8-9-15(12-16(14)23)24-19(27)13-26-17-6-2-3-7-18(17)30-20(22(26)29)21(28)25-10-4-5-11-25/h2-3,6-9,12,20H,4-5,10-11,13H2,1H3,(H,24,27)/t20-/m0/s1. The maximum atomic E-state index is 13.2. The molecule has 3 amide bonds. The third-order valence-corrected chi connectivity index (χ3v) is 6.94. The highest BCUT2D eigenvalue weighted by Gasteiger charge is 2.41. The van der Waals surface area contributed by atoms with Crippen molar-refractivity contribution in [1.29, 1.82) is 0 Å². The van der Waals surface area contributed by atoms with Gasteiger partial charge in [0.15, 0.2) is 5.25 Å². The fraction of sp³-hybridized carbons (Fsp3) is 0.318. The molecule has 0 bridgehead atoms. The van der Waals surface area contributed by atoms with E-state index in [0.717, 1.165) is 23.3 Å². The highest BCUT2D eigenvalue weighted by Crippen LogP contribution is 2.40. The molecule has 0 spiro atoms. The summed E-state index contributed by atoms with van der Waals surface area (Å²) in [4.78, 5) is 42.9. The number of halogens is 1. The van der Waals surface area contributed by atoms with Crippen molar-refractivity contribution in [2.24, 2.45) is 0 Å². The molecule has 4 rings (SSSR count). The number of carbonyl (C=O) groups excluding carboxylic acids is 3. The van der Waals surface area contributed by atoms with Gasteiger partial charge in [-0.2, -0.15) is 0 Å². The molecule has 1 atom stereocenters. The minimum absolute atomic E-state index is 0.173. The van der Waals surface area contributed by atoms with Crippen LogP contribution in [0.4, 0.5) is 11.4 Å². The minimum atomic E-state index is -0.861. The van der Waals surface area contributed by atoms with E-state index < -0.39 is 5.25 Å². The summed E-state index contributed by atoms with van der Waals surface area (Å²) in [5.74, 6) is -0.877. The molecule has 6 nitrogen and oxygen atoms in total. The van der Waals surface area contributed by atoms with Gasteiger partial charge in [0.05, 0.1) is 5.69 Å². The quantitative estimate of drug-likeness (QED) is 0.731. The molecule has 1 fully saturated rings. The van der Waals surface area contributed by atoms with Crippen LogP contribution in [0.3, 0.4) is 0 Å². The number of fused-ring (bicyclic) bond motifs is 1. The van der Waals surface area contributed by atoms with Crippen LogP contribution < -0.4 is 10.2 Å². The van der Waals surface area contributed by atoms with Gasteiger partial charge in [-0.3, -0.25) is 14.4 Å². The number of aryl methyl sites for hydroxylation is 1. The normalized spacial score (nSPS) is 18.3. The summed E-state index contributed by atoms with van der Waals surface area (Å²) < 4.78 is 0. The van der Waals surface area contributed by atoms with Gasteiger partial charge in [0, 0.05) is 28.7 Å². The van der Waals surface area contributed by atoms with E-state index in [9.17, 15) is 14.4 Å². The highest BCUT2D eigenvalue weighted by atomic mass is 35.5. The van der Waals surface area contributed by atoms with Gasteiger partial charge in [-0.15, -0.1) is 11.8 Å². The Labute approximate surface area is 184 Å². The Balaban J connectivity index is 1.55. The van der Waals surface area contributed by atoms with Crippen LogP contribution in [-0.4, -0.2) is 47.5 Å². The number of hydrogen-bond donors (Lipinski definition) is 1. The maximum absolute atomic E-state index is 13.2. The Hall–Kier alpha value is -2.51. The Bertz CT molecular complexity index is 1010. The van der Waals surface area contributed by atoms with E-state index in [-0.39, 0.29) is 24.3 Å². The molecule has 0 saturated carbocycles. The van der Waals surface area contributed by atoms with Gasteiger partial charge in [0.2, 0.25) is 11.8 Å². The molecule has 2 aromatic rings. The Kier molecular flexibility index (Phi) is 6.01. The third-order valence-electron chi connectivity index (χ3n) is 5.29. The molecule has 1 N–H and O–H groups in total. The summed E-state index contributed by atoms with van der Waals surface area (Å²) in [7, 11) is 0. The molecule has 156 valence electrons. The summed E-state index contributed by atoms with van der Waals surface area (Å²) in [6, 6.07) is 12.6. The Morgan fingerprint density at radius 1 is 1.17 bits per heavy atom. The molecule has 0 unspecified atom stereocenters. The first-order valence-electron chi connectivity index (χ1n) is 9.86. The van der Waals surface area contributed by atoms with Crippen molar-refractivity contribution < 1.29 is 14.4 Å². The van der Waals surface area contributed by atoms with E-state index in [4.69, 9.17) is 11.6 Å². The lowest BCUT2D eigenvalue weighted by Gasteiger charge is -2.34. The van der Waals surface area contributed by atoms with Gasteiger partial charge in [-0.25, -0.2) is 0 Å². The first-order chi connectivity index (χ1) is 14.4. The monoisotopic (exact) mass is 443 g/mol. The fourth-order valence-electron chi connectivity index (χ4n) is 3.65. The Morgan fingerprint density at radius 2 is 1.90 bits per heavy atom. The summed E-state index contributed by atoms with van der Waals surface area (Å²) in [5, 5.41) is 2.48. The largest absolute Gasteiger partial charge is 0.341 e. The lowest BCUT2D eigenvalue weighted by molar-refractivity contribution is -0.134. The molecule has 30 heavy (non-hydrogen) atoms. The second-order valence-electron chi connectivity index (χ2n) is 7.43. The number of anilines is 2. The predicted octanol–water partition coefficient (Wildman–Crippen LogP) is 3.72. The second kappa shape index (κ2) is 8.70. The average molecular weight is 444 g/mol. The smallest absolute Gasteiger partial charge is 0.250 e. The van der Waals surface area contributed by atoms with Gasteiger partial charge in [-0.1, -0.05) is 29.8 Å². The van der Waals surface area contributed by atoms with Crippen LogP contribution in [0.2, 0.25) is 5.02 Å². The van der Waals surface area contributed by atoms with E-state index in [1.54, 1.807) is 23.1 Å². The van der Waals surface area contributed by atoms with Crippen molar-refractivity contribution in [1.82, 2.24) is 4.90 Å². The second-order valence-corrected chi connectivity index (χ2v) is 8.99. The summed E-state index contributed by atoms with van der Waals surface area (Å²) in [5.41, 5.74) is 2.12. The van der Waals surface area contributed by atoms with Gasteiger partial charge in [-0.05, 0) is 49.6 Å². The van der Waals surface area contributed by atoms with Gasteiger partial charge in [0.1, 0.15) is 6.54 Å². The highest BCUT2D eigenvalue weighted by molar-refractivity contribution is 8.01. The number of amides is 3. The summed E-state index contributed by atoms with van der Waals surface area (Å²) in [6.07, 6.45) is 1.91. The molecular weight excluding hydrogens is 422 g/mol. The average Bonchev–Trinajstić information content (AvgIpc) is 3.27. The van der Waals surface area contributed by atoms with E-state index in [1.807, 2.05) is 31.2 Å². The molecule has 1 saturated heterocycles. The molecule has 2 aliphatic heterocycles. The number of likely N-dealkylation sites (tertiary alicyclic amines) is 1. The molecule has 2 heterocycles. The molecule has 0 radical (unpaired) electrons. The van der Waals surface area contributed by atoms with Crippen LogP contribution in [0.15, 0.2) is 47.4 Å². The number of thioether (sulfide) groups is 1. The summed E-state index contributed by atoms with van der Waals surface area (Å²) >= 11 is 7.40. The van der Waals surface area contributed by atoms with Crippen LogP contribution in [0.1, 0.15) is 18.4 Å². The zero-order valence-corrected chi connectivity index (χ0v) is 18.1. The van der Waals surface area contributed by atoms with E-state index in [1.165, 1.54) is 16.7 Å². The molecule has 0 aliphatic carbocycles. The van der Waals surface area contributed by atoms with Crippen molar-refractivity contribution >= 4 is 52.5 Å². The number of para-hydroxylation sites is 1. The van der Waals surface area contributed by atoms with E-state index >= 15 is 0 Å². The number of hydrogen-bond acceptors (Lipinski definition) is 4. The molecule has 0 aromatic heterocycles. The van der Waals surface area contributed by atoms with E-state index in [0.29, 0.717) is 29.5 Å². The molecule has 2 aliphatic rings. The van der Waals surface area contributed by atoms with Crippen LogP contribution in [0.25, 0.3) is 0 Å². The van der Waals surface area contributed by atoms with E-state index in [2.05, 4.69) is 5.32 Å². The van der Waals surface area contributed by atoms with Gasteiger partial charge in [0.25, 0.3) is 5.91 Å². The van der Waals surface area contributed by atoms with Crippen molar-refractivity contribution in [3.63, 3.8) is 0 Å². The molecule has 8 heteroatoms. The maximum Gasteiger partial charge on any atom is 0.250 e. The first kappa shape index (κ1) is 20.8. The number of rotatable bonds is 4. The van der Waals surface area contributed by atoms with Crippen LogP contribution in [0, 0.1) is 6.92 Å². The fourth-order valence-corrected chi connectivity index (χ4v) is 5.02.